The van der Waals surface area contributed by atoms with Crippen molar-refractivity contribution in [3.63, 3.8) is 0 Å². The third-order valence-electron chi connectivity index (χ3n) is 3.16. The summed E-state index contributed by atoms with van der Waals surface area (Å²) in [7, 11) is 3.14. The Morgan fingerprint density at radius 3 is 2.35 bits per heavy atom. The average molecular weight is 413 g/mol. The molecule has 3 nitrogen and oxygen atoms in total. The third-order valence-corrected chi connectivity index (χ3v) is 4.51. The predicted octanol–water partition coefficient (Wildman–Crippen LogP) is 5.84. The van der Waals surface area contributed by atoms with E-state index in [9.17, 15) is 5.26 Å². The molecule has 6 heteroatoms. The molecule has 0 atom stereocenters. The lowest BCUT2D eigenvalue weighted by molar-refractivity contribution is 0.392. The zero-order valence-electron chi connectivity index (χ0n) is 12.4. The fraction of sp³-hybridized carbons (Fsp3) is 0.118. The van der Waals surface area contributed by atoms with E-state index in [0.717, 1.165) is 10.0 Å². The van der Waals surface area contributed by atoms with Gasteiger partial charge in [0, 0.05) is 11.6 Å². The molecule has 2 aromatic carbocycles. The summed E-state index contributed by atoms with van der Waals surface area (Å²) in [5.74, 6) is 1.24. The van der Waals surface area contributed by atoms with Crippen LogP contribution in [0.5, 0.6) is 11.5 Å². The number of benzene rings is 2. The summed E-state index contributed by atoms with van der Waals surface area (Å²) in [4.78, 5) is 0. The van der Waals surface area contributed by atoms with Gasteiger partial charge < -0.3 is 9.47 Å². The number of hydrogen-bond acceptors (Lipinski definition) is 3. The number of nitrogens with zero attached hydrogens (tertiary/aromatic N) is 1. The molecule has 2 aromatic rings. The van der Waals surface area contributed by atoms with Gasteiger partial charge in [0.25, 0.3) is 0 Å². The Labute approximate surface area is 153 Å². The number of hydrogen-bond donors (Lipinski definition) is 0. The maximum Gasteiger partial charge on any atom is 0.136 e. The lowest BCUT2D eigenvalue weighted by atomic mass is 10.0. The summed E-state index contributed by atoms with van der Waals surface area (Å²) < 4.78 is 11.4. The number of nitriles is 1. The molecule has 0 saturated carbocycles. The minimum absolute atomic E-state index is 0.396. The highest BCUT2D eigenvalue weighted by molar-refractivity contribution is 9.10. The number of methoxy groups -OCH3 is 2. The molecule has 0 amide bonds. The van der Waals surface area contributed by atoms with Crippen molar-refractivity contribution in [1.82, 2.24) is 0 Å². The maximum atomic E-state index is 9.46. The van der Waals surface area contributed by atoms with Gasteiger partial charge in [-0.25, -0.2) is 0 Å². The van der Waals surface area contributed by atoms with E-state index in [1.807, 2.05) is 6.07 Å². The van der Waals surface area contributed by atoms with Crippen LogP contribution in [0, 0.1) is 11.3 Å². The van der Waals surface area contributed by atoms with Crippen molar-refractivity contribution >= 4 is 50.8 Å². The van der Waals surface area contributed by atoms with Crippen LogP contribution in [0.25, 0.3) is 11.6 Å². The SMILES string of the molecule is COc1cc(OC)c(/C=C(/C#N)c2ccc(Cl)c(Cl)c2)cc1Br. The van der Waals surface area contributed by atoms with Gasteiger partial charge in [-0.2, -0.15) is 5.26 Å². The summed E-state index contributed by atoms with van der Waals surface area (Å²) in [5.41, 5.74) is 1.86. The minimum atomic E-state index is 0.396. The van der Waals surface area contributed by atoms with Crippen molar-refractivity contribution in [1.29, 1.82) is 5.26 Å². The van der Waals surface area contributed by atoms with Gasteiger partial charge in [0.2, 0.25) is 0 Å². The Balaban J connectivity index is 2.55. The van der Waals surface area contributed by atoms with Gasteiger partial charge in [-0.3, -0.25) is 0 Å². The van der Waals surface area contributed by atoms with Gasteiger partial charge in [-0.1, -0.05) is 29.3 Å². The first-order valence-corrected chi connectivity index (χ1v) is 8.03. The maximum absolute atomic E-state index is 9.46. The van der Waals surface area contributed by atoms with E-state index in [1.54, 1.807) is 44.6 Å². The van der Waals surface area contributed by atoms with Crippen molar-refractivity contribution in [2.24, 2.45) is 0 Å². The highest BCUT2D eigenvalue weighted by Crippen LogP contribution is 2.35. The second kappa shape index (κ2) is 7.74. The molecular formula is C17H12BrCl2NO2. The average Bonchev–Trinajstić information content (AvgIpc) is 2.55. The smallest absolute Gasteiger partial charge is 0.136 e. The summed E-state index contributed by atoms with van der Waals surface area (Å²) in [6.07, 6.45) is 1.72. The van der Waals surface area contributed by atoms with E-state index in [-0.39, 0.29) is 0 Å². The molecule has 0 aliphatic rings. The van der Waals surface area contributed by atoms with Crippen molar-refractivity contribution in [3.8, 4) is 17.6 Å². The van der Waals surface area contributed by atoms with Gasteiger partial charge in [0.15, 0.2) is 0 Å². The molecule has 0 saturated heterocycles. The van der Waals surface area contributed by atoms with Crippen LogP contribution in [0.4, 0.5) is 0 Å². The molecule has 2 rings (SSSR count). The van der Waals surface area contributed by atoms with Gasteiger partial charge in [-0.15, -0.1) is 0 Å². The molecule has 0 bridgehead atoms. The first-order chi connectivity index (χ1) is 11.0. The molecule has 0 heterocycles. The Kier molecular flexibility index (Phi) is 5.95. The molecule has 23 heavy (non-hydrogen) atoms. The van der Waals surface area contributed by atoms with Crippen LogP contribution < -0.4 is 9.47 Å². The van der Waals surface area contributed by atoms with E-state index in [2.05, 4.69) is 22.0 Å². The van der Waals surface area contributed by atoms with E-state index in [1.165, 1.54) is 0 Å². The Hall–Kier alpha value is -1.67. The first-order valence-electron chi connectivity index (χ1n) is 6.49. The molecule has 0 radical (unpaired) electrons. The molecule has 0 fully saturated rings. The fourth-order valence-electron chi connectivity index (χ4n) is 2.00. The summed E-state index contributed by atoms with van der Waals surface area (Å²) in [6, 6.07) is 10.8. The first kappa shape index (κ1) is 17.7. The molecule has 0 unspecified atom stereocenters. The van der Waals surface area contributed by atoms with Crippen LogP contribution in [0.2, 0.25) is 10.0 Å². The van der Waals surface area contributed by atoms with Gasteiger partial charge in [-0.05, 0) is 45.8 Å². The van der Waals surface area contributed by atoms with Crippen LogP contribution in [0.1, 0.15) is 11.1 Å². The van der Waals surface area contributed by atoms with Crippen LogP contribution in [-0.4, -0.2) is 14.2 Å². The zero-order valence-corrected chi connectivity index (χ0v) is 15.5. The van der Waals surface area contributed by atoms with Gasteiger partial charge >= 0.3 is 0 Å². The molecule has 0 aliphatic carbocycles. The van der Waals surface area contributed by atoms with E-state index >= 15 is 0 Å². The second-order valence-electron chi connectivity index (χ2n) is 4.53. The monoisotopic (exact) mass is 411 g/mol. The summed E-state index contributed by atoms with van der Waals surface area (Å²) >= 11 is 15.4. The normalized spacial score (nSPS) is 11.0. The van der Waals surface area contributed by atoms with Crippen LogP contribution in [0.3, 0.4) is 0 Å². The molecule has 0 spiro atoms. The highest BCUT2D eigenvalue weighted by Gasteiger charge is 2.11. The molecule has 118 valence electrons. The van der Waals surface area contributed by atoms with E-state index in [0.29, 0.717) is 32.7 Å². The Morgan fingerprint density at radius 1 is 1.09 bits per heavy atom. The predicted molar refractivity (Wildman–Crippen MR) is 97.2 cm³/mol. The van der Waals surface area contributed by atoms with Crippen molar-refractivity contribution in [2.75, 3.05) is 14.2 Å². The lowest BCUT2D eigenvalue weighted by Crippen LogP contribution is -1.92. The van der Waals surface area contributed by atoms with Gasteiger partial charge in [0.1, 0.15) is 11.5 Å². The van der Waals surface area contributed by atoms with Crippen LogP contribution >= 0.6 is 39.1 Å². The summed E-state index contributed by atoms with van der Waals surface area (Å²) in [6.45, 7) is 0. The molecule has 0 N–H and O–H groups in total. The molecule has 0 aliphatic heterocycles. The third kappa shape index (κ3) is 4.00. The number of allylic oxidation sites excluding steroid dienone is 1. The van der Waals surface area contributed by atoms with E-state index < -0.39 is 0 Å². The standard InChI is InChI=1S/C17H12BrCl2NO2/c1-22-16-8-17(23-2)13(18)6-11(16)5-12(9-21)10-3-4-14(19)15(20)7-10/h3-8H,1-2H3/b12-5-. The Morgan fingerprint density at radius 2 is 1.78 bits per heavy atom. The fourth-order valence-corrected chi connectivity index (χ4v) is 2.82. The molecular weight excluding hydrogens is 401 g/mol. The number of halogens is 3. The largest absolute Gasteiger partial charge is 0.496 e. The number of ether oxygens (including phenoxy) is 2. The van der Waals surface area contributed by atoms with Crippen LogP contribution in [0.15, 0.2) is 34.8 Å². The van der Waals surface area contributed by atoms with Crippen LogP contribution in [-0.2, 0) is 0 Å². The van der Waals surface area contributed by atoms with Crippen molar-refractivity contribution in [3.05, 3.63) is 56.0 Å². The minimum Gasteiger partial charge on any atom is -0.496 e. The zero-order chi connectivity index (χ0) is 17.0. The Bertz CT molecular complexity index is 813. The van der Waals surface area contributed by atoms with Crippen molar-refractivity contribution < 1.29 is 9.47 Å². The van der Waals surface area contributed by atoms with Crippen molar-refractivity contribution in [2.45, 2.75) is 0 Å². The van der Waals surface area contributed by atoms with Gasteiger partial charge in [0.05, 0.1) is 40.4 Å². The topological polar surface area (TPSA) is 42.2 Å². The van der Waals surface area contributed by atoms with E-state index in [4.69, 9.17) is 32.7 Å². The quantitative estimate of drug-likeness (QED) is 0.468. The lowest BCUT2D eigenvalue weighted by Gasteiger charge is -2.10. The number of rotatable bonds is 4. The summed E-state index contributed by atoms with van der Waals surface area (Å²) in [5, 5.41) is 10.3. The second-order valence-corrected chi connectivity index (χ2v) is 6.20. The highest BCUT2D eigenvalue weighted by atomic mass is 79.9. The molecule has 0 aromatic heterocycles.